The predicted molar refractivity (Wildman–Crippen MR) is 73.2 cm³/mol. The maximum atomic E-state index is 5.83. The van der Waals surface area contributed by atoms with E-state index in [9.17, 15) is 0 Å². The van der Waals surface area contributed by atoms with Crippen molar-refractivity contribution in [2.24, 2.45) is 0 Å². The van der Waals surface area contributed by atoms with E-state index >= 15 is 0 Å². The van der Waals surface area contributed by atoms with Gasteiger partial charge in [-0.05, 0) is 18.0 Å². The second-order valence-electron chi connectivity index (χ2n) is 3.48. The highest BCUT2D eigenvalue weighted by atomic mass is 35.5. The van der Waals surface area contributed by atoms with E-state index in [0.29, 0.717) is 11.9 Å². The number of anilines is 2. The zero-order valence-corrected chi connectivity index (χ0v) is 11.6. The Balaban J connectivity index is 2.19. The third-order valence-electron chi connectivity index (χ3n) is 2.29. The molecule has 0 radical (unpaired) electrons. The molecule has 0 saturated carbocycles. The summed E-state index contributed by atoms with van der Waals surface area (Å²) in [6.45, 7) is 2.07. The molecule has 0 bridgehead atoms. The van der Waals surface area contributed by atoms with Gasteiger partial charge in [-0.25, -0.2) is 4.98 Å². The molecule has 96 valence electrons. The molecule has 2 heterocycles. The quantitative estimate of drug-likeness (QED) is 0.879. The third kappa shape index (κ3) is 3.05. The van der Waals surface area contributed by atoms with Gasteiger partial charge < -0.3 is 10.6 Å². The first-order chi connectivity index (χ1) is 8.72. The molecule has 18 heavy (non-hydrogen) atoms. The summed E-state index contributed by atoms with van der Waals surface area (Å²) >= 11 is 7.42. The Bertz CT molecular complexity index is 503. The Hall–Kier alpha value is -1.47. The molecule has 0 spiro atoms. The lowest BCUT2D eigenvalue weighted by molar-refractivity contribution is 0.730. The molecule has 0 aromatic carbocycles. The number of rotatable bonds is 5. The van der Waals surface area contributed by atoms with Crippen LogP contribution in [-0.2, 0) is 0 Å². The number of hydrogen-bond donors (Lipinski definition) is 2. The van der Waals surface area contributed by atoms with Crippen molar-refractivity contribution in [1.82, 2.24) is 19.9 Å². The van der Waals surface area contributed by atoms with Gasteiger partial charge in [-0.3, -0.25) is 0 Å². The fraction of sp³-hybridized carbons (Fsp3) is 0.400. The van der Waals surface area contributed by atoms with Crippen molar-refractivity contribution in [2.75, 3.05) is 17.7 Å². The molecule has 0 aliphatic heterocycles. The van der Waals surface area contributed by atoms with Gasteiger partial charge in [-0.2, -0.15) is 15.0 Å². The van der Waals surface area contributed by atoms with Crippen molar-refractivity contribution in [2.45, 2.75) is 19.4 Å². The summed E-state index contributed by atoms with van der Waals surface area (Å²) in [7, 11) is 1.73. The highest BCUT2D eigenvalue weighted by Crippen LogP contribution is 2.23. The van der Waals surface area contributed by atoms with Gasteiger partial charge in [0.25, 0.3) is 0 Å². The van der Waals surface area contributed by atoms with Crippen molar-refractivity contribution >= 4 is 34.8 Å². The molecule has 1 atom stereocenters. The molecular weight excluding hydrogens is 272 g/mol. The summed E-state index contributed by atoms with van der Waals surface area (Å²) < 4.78 is 0. The van der Waals surface area contributed by atoms with Gasteiger partial charge >= 0.3 is 0 Å². The summed E-state index contributed by atoms with van der Waals surface area (Å²) in [5.41, 5.74) is 0. The van der Waals surface area contributed by atoms with E-state index in [1.165, 1.54) is 0 Å². The van der Waals surface area contributed by atoms with Crippen LogP contribution in [0, 0.1) is 0 Å². The number of hydrogen-bond acceptors (Lipinski definition) is 7. The Kier molecular flexibility index (Phi) is 4.27. The normalized spacial score (nSPS) is 12.2. The maximum Gasteiger partial charge on any atom is 0.229 e. The summed E-state index contributed by atoms with van der Waals surface area (Å²) in [4.78, 5) is 16.5. The summed E-state index contributed by atoms with van der Waals surface area (Å²) in [6, 6.07) is 0.0770. The van der Waals surface area contributed by atoms with Gasteiger partial charge in [0.15, 0.2) is 0 Å². The smallest absolute Gasteiger partial charge is 0.229 e. The topological polar surface area (TPSA) is 75.6 Å². The second kappa shape index (κ2) is 5.92. The monoisotopic (exact) mass is 284 g/mol. The first-order valence-electron chi connectivity index (χ1n) is 5.48. The van der Waals surface area contributed by atoms with Gasteiger partial charge in [0, 0.05) is 18.6 Å². The van der Waals surface area contributed by atoms with E-state index in [4.69, 9.17) is 11.6 Å². The van der Waals surface area contributed by atoms with Crippen LogP contribution in [0.2, 0.25) is 5.28 Å². The van der Waals surface area contributed by atoms with Gasteiger partial charge in [0.2, 0.25) is 17.2 Å². The summed E-state index contributed by atoms with van der Waals surface area (Å²) in [6.07, 6.45) is 2.66. The molecule has 2 N–H and O–H groups in total. The van der Waals surface area contributed by atoms with Crippen LogP contribution in [0.3, 0.4) is 0 Å². The van der Waals surface area contributed by atoms with Crippen LogP contribution in [0.25, 0.3) is 0 Å². The van der Waals surface area contributed by atoms with E-state index in [1.54, 1.807) is 24.6 Å². The van der Waals surface area contributed by atoms with Crippen molar-refractivity contribution in [3.8, 4) is 0 Å². The van der Waals surface area contributed by atoms with Crippen LogP contribution in [0.15, 0.2) is 11.6 Å². The van der Waals surface area contributed by atoms with Crippen molar-refractivity contribution in [3.05, 3.63) is 21.9 Å². The van der Waals surface area contributed by atoms with Crippen LogP contribution in [-0.4, -0.2) is 27.0 Å². The fourth-order valence-electron chi connectivity index (χ4n) is 1.43. The lowest BCUT2D eigenvalue weighted by atomic mass is 10.2. The SMILES string of the molecule is CCC(Nc1nc(Cl)nc(NC)n1)c1nccs1. The van der Waals surface area contributed by atoms with Gasteiger partial charge in [-0.1, -0.05) is 6.92 Å². The standard InChI is InChI=1S/C10H13ClN6S/c1-3-6(7-13-4-5-18-7)14-10-16-8(11)15-9(12-2)17-10/h4-6H,3H2,1-2H3,(H2,12,14,15,16,17). The number of nitrogens with one attached hydrogen (secondary N) is 2. The molecule has 0 amide bonds. The Morgan fingerprint density at radius 1 is 1.33 bits per heavy atom. The van der Waals surface area contributed by atoms with E-state index in [-0.39, 0.29) is 11.3 Å². The minimum absolute atomic E-state index is 0.0770. The Labute approximate surface area is 114 Å². The van der Waals surface area contributed by atoms with Gasteiger partial charge in [0.1, 0.15) is 5.01 Å². The summed E-state index contributed by atoms with van der Waals surface area (Å²) in [5, 5.41) is 9.14. The molecule has 2 aromatic heterocycles. The molecule has 0 fully saturated rings. The van der Waals surface area contributed by atoms with Crippen molar-refractivity contribution < 1.29 is 0 Å². The summed E-state index contributed by atoms with van der Waals surface area (Å²) in [5.74, 6) is 0.882. The molecule has 2 rings (SSSR count). The number of halogens is 1. The number of nitrogens with zero attached hydrogens (tertiary/aromatic N) is 4. The fourth-order valence-corrected chi connectivity index (χ4v) is 2.36. The number of thiazole rings is 1. The molecule has 2 aromatic rings. The van der Waals surface area contributed by atoms with Crippen LogP contribution in [0.5, 0.6) is 0 Å². The minimum atomic E-state index is 0.0770. The zero-order chi connectivity index (χ0) is 13.0. The lowest BCUT2D eigenvalue weighted by Crippen LogP contribution is -2.13. The van der Waals surface area contributed by atoms with Gasteiger partial charge in [-0.15, -0.1) is 11.3 Å². The average Bonchev–Trinajstić information content (AvgIpc) is 2.89. The van der Waals surface area contributed by atoms with E-state index in [0.717, 1.165) is 11.4 Å². The minimum Gasteiger partial charge on any atom is -0.357 e. The molecule has 8 heteroatoms. The number of aromatic nitrogens is 4. The molecule has 0 aliphatic rings. The zero-order valence-electron chi connectivity index (χ0n) is 10.0. The van der Waals surface area contributed by atoms with Crippen LogP contribution >= 0.6 is 22.9 Å². The first-order valence-corrected chi connectivity index (χ1v) is 6.74. The molecule has 0 saturated heterocycles. The van der Waals surface area contributed by atoms with E-state index in [2.05, 4.69) is 37.5 Å². The van der Waals surface area contributed by atoms with Crippen molar-refractivity contribution in [3.63, 3.8) is 0 Å². The molecule has 1 unspecified atom stereocenters. The Morgan fingerprint density at radius 2 is 2.11 bits per heavy atom. The molecule has 6 nitrogen and oxygen atoms in total. The van der Waals surface area contributed by atoms with E-state index in [1.807, 2.05) is 5.38 Å². The average molecular weight is 285 g/mol. The second-order valence-corrected chi connectivity index (χ2v) is 4.74. The highest BCUT2D eigenvalue weighted by molar-refractivity contribution is 7.09. The maximum absolute atomic E-state index is 5.83. The highest BCUT2D eigenvalue weighted by Gasteiger charge is 2.14. The largest absolute Gasteiger partial charge is 0.357 e. The predicted octanol–water partition coefficient (Wildman–Crippen LogP) is 2.59. The Morgan fingerprint density at radius 3 is 2.72 bits per heavy atom. The van der Waals surface area contributed by atoms with Crippen LogP contribution < -0.4 is 10.6 Å². The third-order valence-corrected chi connectivity index (χ3v) is 3.35. The molecule has 0 aliphatic carbocycles. The molecular formula is C10H13ClN6S. The van der Waals surface area contributed by atoms with Gasteiger partial charge in [0.05, 0.1) is 6.04 Å². The van der Waals surface area contributed by atoms with E-state index < -0.39 is 0 Å². The van der Waals surface area contributed by atoms with Crippen LogP contribution in [0.1, 0.15) is 24.4 Å². The van der Waals surface area contributed by atoms with Crippen molar-refractivity contribution in [1.29, 1.82) is 0 Å². The first kappa shape index (κ1) is 13.0. The van der Waals surface area contributed by atoms with Crippen LogP contribution in [0.4, 0.5) is 11.9 Å². The lowest BCUT2D eigenvalue weighted by Gasteiger charge is -2.14.